The van der Waals surface area contributed by atoms with E-state index in [1.54, 1.807) is 13.0 Å². The van der Waals surface area contributed by atoms with Crippen molar-refractivity contribution in [2.75, 3.05) is 23.9 Å². The molecule has 4 rings (SSSR count). The Morgan fingerprint density at radius 1 is 1.15 bits per heavy atom. The van der Waals surface area contributed by atoms with Crippen LogP contribution in [0.15, 0.2) is 64.1 Å². The van der Waals surface area contributed by atoms with E-state index in [1.807, 2.05) is 30.3 Å². The van der Waals surface area contributed by atoms with Crippen molar-refractivity contribution in [2.45, 2.75) is 18.2 Å². The van der Waals surface area contributed by atoms with Crippen molar-refractivity contribution in [1.29, 1.82) is 0 Å². The summed E-state index contributed by atoms with van der Waals surface area (Å²) in [5, 5.41) is 15.2. The molecule has 0 saturated heterocycles. The molecule has 0 spiro atoms. The van der Waals surface area contributed by atoms with Crippen LogP contribution in [0.25, 0.3) is 11.5 Å². The molecule has 4 aromatic rings. The minimum atomic E-state index is -3.40. The van der Waals surface area contributed by atoms with E-state index >= 15 is 0 Å². The molecule has 34 heavy (non-hydrogen) atoms. The molecule has 12 heteroatoms. The summed E-state index contributed by atoms with van der Waals surface area (Å²) in [5.41, 5.74) is 8.02. The molecule has 0 atom stereocenters. The Balaban J connectivity index is 0.000000302. The van der Waals surface area contributed by atoms with Gasteiger partial charge in [0.05, 0.1) is 9.92 Å². The molecule has 0 aliphatic rings. The monoisotopic (exact) mass is 502 g/mol. The first-order valence-electron chi connectivity index (χ1n) is 10.0. The number of aliphatic hydroxyl groups is 1. The van der Waals surface area contributed by atoms with Crippen LogP contribution in [0, 0.1) is 6.92 Å². The number of nitrogens with two attached hydrogens (primary N) is 1. The summed E-state index contributed by atoms with van der Waals surface area (Å²) in [4.78, 5) is 12.4. The number of rotatable bonds is 6. The molecule has 0 aliphatic carbocycles. The van der Waals surface area contributed by atoms with Crippen LogP contribution in [0.3, 0.4) is 0 Å². The standard InChI is InChI=1S/C14H13ClN6O3S.C8H10O/c1-7-18-13(24-21-7)9-6-17-14(20-12(9)16)19-8-3-4-11(10(15)5-8)25(2,22)23;9-7-6-8-4-2-1-3-5-8/h3-6H,1-2H3,(H3,16,17,19,20);1-5,9H,6-7H2. The van der Waals surface area contributed by atoms with E-state index in [0.29, 0.717) is 17.1 Å². The summed E-state index contributed by atoms with van der Waals surface area (Å²) in [5.74, 6) is 1.06. The number of hydrogen-bond acceptors (Lipinski definition) is 10. The average molecular weight is 503 g/mol. The second-order valence-electron chi connectivity index (χ2n) is 7.14. The van der Waals surface area contributed by atoms with Crippen LogP contribution < -0.4 is 11.1 Å². The van der Waals surface area contributed by atoms with Crippen LogP contribution in [0.1, 0.15) is 11.4 Å². The van der Waals surface area contributed by atoms with E-state index in [-0.39, 0.29) is 34.2 Å². The van der Waals surface area contributed by atoms with Gasteiger partial charge in [-0.05, 0) is 37.1 Å². The number of nitrogen functional groups attached to an aromatic ring is 1. The molecule has 2 heterocycles. The molecule has 2 aromatic heterocycles. The number of aromatic nitrogens is 4. The number of anilines is 3. The zero-order valence-corrected chi connectivity index (χ0v) is 20.0. The van der Waals surface area contributed by atoms with Gasteiger partial charge in [0.2, 0.25) is 5.95 Å². The molecular formula is C22H23ClN6O4S. The molecule has 4 N–H and O–H groups in total. The third kappa shape index (κ3) is 6.73. The van der Waals surface area contributed by atoms with Gasteiger partial charge in [0.25, 0.3) is 5.89 Å². The van der Waals surface area contributed by atoms with Crippen LogP contribution in [0.4, 0.5) is 17.5 Å². The van der Waals surface area contributed by atoms with Crippen molar-refractivity contribution >= 4 is 38.9 Å². The van der Waals surface area contributed by atoms with E-state index in [9.17, 15) is 8.42 Å². The maximum absolute atomic E-state index is 11.6. The first kappa shape index (κ1) is 25.1. The Kier molecular flexibility index (Phi) is 8.16. The molecular weight excluding hydrogens is 480 g/mol. The lowest BCUT2D eigenvalue weighted by molar-refractivity contribution is 0.299. The summed E-state index contributed by atoms with van der Waals surface area (Å²) in [7, 11) is -3.40. The molecule has 10 nitrogen and oxygen atoms in total. The molecule has 0 radical (unpaired) electrons. The maximum Gasteiger partial charge on any atom is 0.263 e. The molecule has 0 aliphatic heterocycles. The minimum Gasteiger partial charge on any atom is -0.396 e. The van der Waals surface area contributed by atoms with Crippen molar-refractivity contribution < 1.29 is 18.0 Å². The van der Waals surface area contributed by atoms with Gasteiger partial charge in [-0.3, -0.25) is 0 Å². The van der Waals surface area contributed by atoms with Crippen molar-refractivity contribution in [3.05, 3.63) is 71.1 Å². The van der Waals surface area contributed by atoms with Gasteiger partial charge in [0.15, 0.2) is 15.7 Å². The molecule has 0 fully saturated rings. The highest BCUT2D eigenvalue weighted by atomic mass is 35.5. The molecule has 0 bridgehead atoms. The minimum absolute atomic E-state index is 0.0438. The number of halogens is 1. The van der Waals surface area contributed by atoms with Crippen molar-refractivity contribution in [2.24, 2.45) is 0 Å². The summed E-state index contributed by atoms with van der Waals surface area (Å²) in [6.07, 6.45) is 3.30. The molecule has 178 valence electrons. The van der Waals surface area contributed by atoms with Crippen molar-refractivity contribution in [1.82, 2.24) is 20.1 Å². The van der Waals surface area contributed by atoms with Gasteiger partial charge in [-0.2, -0.15) is 9.97 Å². The zero-order chi connectivity index (χ0) is 24.7. The van der Waals surface area contributed by atoms with E-state index < -0.39 is 9.84 Å². The van der Waals surface area contributed by atoms with Gasteiger partial charge < -0.3 is 20.7 Å². The Labute approximate surface area is 201 Å². The highest BCUT2D eigenvalue weighted by Gasteiger charge is 2.15. The average Bonchev–Trinajstić information content (AvgIpc) is 3.20. The second kappa shape index (κ2) is 11.1. The normalized spacial score (nSPS) is 10.9. The van der Waals surface area contributed by atoms with Crippen molar-refractivity contribution in [3.8, 4) is 11.5 Å². The molecule has 0 saturated carbocycles. The predicted octanol–water partition coefficient (Wildman–Crippen LogP) is 3.44. The topological polar surface area (TPSA) is 157 Å². The lowest BCUT2D eigenvalue weighted by atomic mass is 10.2. The quantitative estimate of drug-likeness (QED) is 0.356. The predicted molar refractivity (Wildman–Crippen MR) is 130 cm³/mol. The Morgan fingerprint density at radius 2 is 1.88 bits per heavy atom. The van der Waals surface area contributed by atoms with E-state index in [0.717, 1.165) is 12.7 Å². The van der Waals surface area contributed by atoms with Crippen LogP contribution in [0.2, 0.25) is 5.02 Å². The number of aryl methyl sites for hydroxylation is 1. The Hall–Kier alpha value is -3.54. The second-order valence-corrected chi connectivity index (χ2v) is 9.53. The third-order valence-corrected chi connectivity index (χ3v) is 5.99. The van der Waals surface area contributed by atoms with E-state index in [2.05, 4.69) is 25.4 Å². The number of benzene rings is 2. The lowest BCUT2D eigenvalue weighted by Gasteiger charge is -2.08. The van der Waals surface area contributed by atoms with Gasteiger partial charge in [0.1, 0.15) is 11.4 Å². The van der Waals surface area contributed by atoms with Crippen LogP contribution >= 0.6 is 11.6 Å². The summed E-state index contributed by atoms with van der Waals surface area (Å²) >= 11 is 6.01. The smallest absolute Gasteiger partial charge is 0.263 e. The van der Waals surface area contributed by atoms with Gasteiger partial charge >= 0.3 is 0 Å². The lowest BCUT2D eigenvalue weighted by Crippen LogP contribution is -2.03. The SMILES string of the molecule is Cc1noc(-c2cnc(Nc3ccc(S(C)(=O)=O)c(Cl)c3)nc2N)n1.OCCc1ccccc1. The first-order valence-corrected chi connectivity index (χ1v) is 12.3. The summed E-state index contributed by atoms with van der Waals surface area (Å²) in [6.45, 7) is 1.92. The number of hydrogen-bond donors (Lipinski definition) is 3. The summed E-state index contributed by atoms with van der Waals surface area (Å²) in [6, 6.07) is 14.4. The summed E-state index contributed by atoms with van der Waals surface area (Å²) < 4.78 is 28.2. The highest BCUT2D eigenvalue weighted by molar-refractivity contribution is 7.90. The maximum atomic E-state index is 11.6. The van der Waals surface area contributed by atoms with Gasteiger partial charge in [-0.1, -0.05) is 47.1 Å². The molecule has 2 aromatic carbocycles. The van der Waals surface area contributed by atoms with E-state index in [1.165, 1.54) is 23.9 Å². The van der Waals surface area contributed by atoms with Crippen LogP contribution in [0.5, 0.6) is 0 Å². The number of aliphatic hydroxyl groups excluding tert-OH is 1. The Bertz CT molecular complexity index is 1360. The fourth-order valence-corrected chi connectivity index (χ4v) is 4.14. The van der Waals surface area contributed by atoms with E-state index in [4.69, 9.17) is 27.0 Å². The van der Waals surface area contributed by atoms with Crippen LogP contribution in [-0.4, -0.2) is 46.5 Å². The molecule has 0 amide bonds. The van der Waals surface area contributed by atoms with Gasteiger partial charge in [-0.25, -0.2) is 13.4 Å². The Morgan fingerprint density at radius 3 is 2.44 bits per heavy atom. The first-order chi connectivity index (χ1) is 16.2. The number of nitrogens with one attached hydrogen (secondary N) is 1. The van der Waals surface area contributed by atoms with Gasteiger partial charge in [-0.15, -0.1) is 0 Å². The van der Waals surface area contributed by atoms with Gasteiger partial charge in [0, 0.05) is 24.7 Å². The number of nitrogens with zero attached hydrogens (tertiary/aromatic N) is 4. The largest absolute Gasteiger partial charge is 0.396 e. The van der Waals surface area contributed by atoms with Crippen molar-refractivity contribution in [3.63, 3.8) is 0 Å². The fraction of sp³-hybridized carbons (Fsp3) is 0.182. The third-order valence-electron chi connectivity index (χ3n) is 4.41. The fourth-order valence-electron chi connectivity index (χ4n) is 2.81. The number of sulfone groups is 1. The van der Waals surface area contributed by atoms with Crippen LogP contribution in [-0.2, 0) is 16.3 Å². The highest BCUT2D eigenvalue weighted by Crippen LogP contribution is 2.27. The zero-order valence-electron chi connectivity index (χ0n) is 18.4. The molecule has 0 unspecified atom stereocenters.